The van der Waals surface area contributed by atoms with E-state index >= 15 is 0 Å². The fourth-order valence-electron chi connectivity index (χ4n) is 8.86. The van der Waals surface area contributed by atoms with E-state index in [1.54, 1.807) is 0 Å². The fourth-order valence-corrected chi connectivity index (χ4v) is 8.86. The molecule has 12 nitrogen and oxygen atoms in total. The van der Waals surface area contributed by atoms with Gasteiger partial charge in [-0.2, -0.15) is 0 Å². The average molecular weight is 917 g/mol. The van der Waals surface area contributed by atoms with Crippen LogP contribution in [0.15, 0.2) is 48.6 Å². The number of esters is 2. The van der Waals surface area contributed by atoms with Crippen molar-refractivity contribution in [3.8, 4) is 0 Å². The Morgan fingerprint density at radius 1 is 0.431 bits per heavy atom. The van der Waals surface area contributed by atoms with Crippen LogP contribution in [0.3, 0.4) is 0 Å². The molecule has 12 heteroatoms. The normalized spacial score (nSPS) is 24.6. The molecule has 4 aliphatic carbocycles. The molecule has 0 aromatic rings. The Balaban J connectivity index is -0.000000777. The minimum Gasteiger partial charge on any atom is -0.481 e. The summed E-state index contributed by atoms with van der Waals surface area (Å²) >= 11 is 0. The van der Waals surface area contributed by atoms with Gasteiger partial charge in [0.25, 0.3) is 0 Å². The molecule has 0 radical (unpaired) electrons. The Bertz CT molecular complexity index is 1440. The highest BCUT2D eigenvalue weighted by Crippen LogP contribution is 2.37. The minimum absolute atomic E-state index is 0. The summed E-state index contributed by atoms with van der Waals surface area (Å²) in [5, 5.41) is 17.4. The third-order valence-corrected chi connectivity index (χ3v) is 12.3. The van der Waals surface area contributed by atoms with Crippen molar-refractivity contribution in [2.24, 2.45) is 47.3 Å². The lowest BCUT2D eigenvalue weighted by molar-refractivity contribution is -0.143. The van der Waals surface area contributed by atoms with E-state index in [1.165, 1.54) is 14.2 Å². The molecule has 0 saturated heterocycles. The van der Waals surface area contributed by atoms with Crippen molar-refractivity contribution in [3.63, 3.8) is 0 Å². The lowest BCUT2D eigenvalue weighted by atomic mass is 9.89. The lowest BCUT2D eigenvalue weighted by Gasteiger charge is -2.15. The van der Waals surface area contributed by atoms with Crippen molar-refractivity contribution in [2.75, 3.05) is 14.2 Å². The Morgan fingerprint density at radius 2 is 0.646 bits per heavy atom. The SMILES string of the molecule is C.C.C.CC/C=C/C[C@H]1C(=O)CC[C@H]1CC(=O)O.CC/C=C/C[C@H]1C(=O)CC[C@H]1CC(=O)OC.CC/C=C\C[C@H]1C(=O)CC[C@H]1CC(=O)O.CC/C=C\C[C@H]1C(=O)CC[C@H]1CC(=O)OC. The van der Waals surface area contributed by atoms with E-state index in [0.29, 0.717) is 62.9 Å². The van der Waals surface area contributed by atoms with E-state index in [2.05, 4.69) is 47.6 Å². The van der Waals surface area contributed by atoms with Gasteiger partial charge in [-0.05, 0) is 101 Å². The number of hydrogen-bond donors (Lipinski definition) is 2. The third-order valence-electron chi connectivity index (χ3n) is 12.3. The fraction of sp³-hybridized carbons (Fsp3) is 0.698. The molecule has 4 aliphatic rings. The zero-order valence-electron chi connectivity index (χ0n) is 38.4. The van der Waals surface area contributed by atoms with Gasteiger partial charge in [0.2, 0.25) is 0 Å². The van der Waals surface area contributed by atoms with Crippen molar-refractivity contribution >= 4 is 47.0 Å². The summed E-state index contributed by atoms with van der Waals surface area (Å²) in [4.78, 5) is 90.0. The maximum Gasteiger partial charge on any atom is 0.305 e. The standard InChI is InChI=1S/2C13H20O3.2C12H18O3.3CH4/c2*1-3-4-5-6-11-10(7-8-12(11)14)9-13(15)16-2;2*1-2-3-4-5-10-9(8-12(14)15)6-7-11(10)13;;;/h2*4-5,10-11H,3,6-9H2,1-2H3;2*3-4,9-10H,2,5-8H2,1H3,(H,14,15);3*1H4/b5-4+;5-4-;4-3+;4-3-;;;/t2*10-,11+;2*9-,10+;;;/m0000.../s1. The average Bonchev–Trinajstić information content (AvgIpc) is 3.98. The number of hydrogen-bond acceptors (Lipinski definition) is 10. The Labute approximate surface area is 392 Å². The quantitative estimate of drug-likeness (QED) is 0.0867. The molecule has 4 rings (SSSR count). The third kappa shape index (κ3) is 25.7. The second-order valence-corrected chi connectivity index (χ2v) is 16.7. The molecule has 2 N–H and O–H groups in total. The van der Waals surface area contributed by atoms with Gasteiger partial charge in [0.05, 0.1) is 14.2 Å². The van der Waals surface area contributed by atoms with E-state index in [1.807, 2.05) is 38.2 Å². The van der Waals surface area contributed by atoms with Crippen LogP contribution in [0.4, 0.5) is 0 Å². The van der Waals surface area contributed by atoms with E-state index in [9.17, 15) is 38.4 Å². The van der Waals surface area contributed by atoms with Crippen LogP contribution in [-0.2, 0) is 47.8 Å². The Kier molecular flexibility index (Phi) is 37.6. The molecule has 0 aromatic heterocycles. The van der Waals surface area contributed by atoms with Gasteiger partial charge in [0.15, 0.2) is 0 Å². The van der Waals surface area contributed by atoms with Gasteiger partial charge in [-0.15, -0.1) is 0 Å². The molecule has 4 saturated carbocycles. The molecule has 0 amide bonds. The highest BCUT2D eigenvalue weighted by Gasteiger charge is 2.37. The maximum atomic E-state index is 11.7. The van der Waals surface area contributed by atoms with Crippen LogP contribution in [0.2, 0.25) is 0 Å². The number of rotatable bonds is 20. The van der Waals surface area contributed by atoms with Gasteiger partial charge in [0.1, 0.15) is 23.1 Å². The van der Waals surface area contributed by atoms with Crippen LogP contribution >= 0.6 is 0 Å². The molecule has 372 valence electrons. The molecular formula is C53H88O12. The molecule has 8 atom stereocenters. The molecule has 0 spiro atoms. The van der Waals surface area contributed by atoms with Crippen LogP contribution in [0.5, 0.6) is 0 Å². The van der Waals surface area contributed by atoms with Crippen molar-refractivity contribution in [3.05, 3.63) is 48.6 Å². The summed E-state index contributed by atoms with van der Waals surface area (Å²) in [7, 11) is 2.79. The van der Waals surface area contributed by atoms with Gasteiger partial charge >= 0.3 is 23.9 Å². The van der Waals surface area contributed by atoms with Gasteiger partial charge in [-0.25, -0.2) is 0 Å². The van der Waals surface area contributed by atoms with E-state index in [0.717, 1.165) is 64.2 Å². The lowest BCUT2D eigenvalue weighted by Crippen LogP contribution is -2.18. The van der Waals surface area contributed by atoms with Crippen LogP contribution in [0.1, 0.15) is 178 Å². The van der Waals surface area contributed by atoms with Gasteiger partial charge in [-0.1, -0.05) is 98.6 Å². The number of carboxylic acid groups (broad SMARTS) is 2. The smallest absolute Gasteiger partial charge is 0.305 e. The first-order valence-electron chi connectivity index (χ1n) is 22.9. The van der Waals surface area contributed by atoms with Crippen molar-refractivity contribution in [1.82, 2.24) is 0 Å². The van der Waals surface area contributed by atoms with Gasteiger partial charge in [-0.3, -0.25) is 38.4 Å². The summed E-state index contributed by atoms with van der Waals surface area (Å²) < 4.78 is 9.31. The molecule has 0 bridgehead atoms. The van der Waals surface area contributed by atoms with E-state index in [-0.39, 0.29) is 106 Å². The number of carbonyl (C=O) groups excluding carboxylic acids is 6. The van der Waals surface area contributed by atoms with Crippen molar-refractivity contribution in [2.45, 2.75) is 178 Å². The van der Waals surface area contributed by atoms with Crippen LogP contribution in [0, 0.1) is 47.3 Å². The van der Waals surface area contributed by atoms with Crippen LogP contribution in [0.25, 0.3) is 0 Å². The van der Waals surface area contributed by atoms with E-state index in [4.69, 9.17) is 10.2 Å². The Morgan fingerprint density at radius 3 is 0.831 bits per heavy atom. The molecule has 0 aliphatic heterocycles. The summed E-state index contributed by atoms with van der Waals surface area (Å²) in [6.07, 6.45) is 29.7. The van der Waals surface area contributed by atoms with Crippen LogP contribution < -0.4 is 0 Å². The van der Waals surface area contributed by atoms with Gasteiger partial charge < -0.3 is 19.7 Å². The highest BCUT2D eigenvalue weighted by molar-refractivity contribution is 5.86. The molecule has 0 aromatic carbocycles. The molecule has 4 fully saturated rings. The number of ether oxygens (including phenoxy) is 2. The summed E-state index contributed by atoms with van der Waals surface area (Å²) in [6.45, 7) is 8.22. The van der Waals surface area contributed by atoms with E-state index < -0.39 is 11.9 Å². The van der Waals surface area contributed by atoms with Crippen molar-refractivity contribution < 1.29 is 58.0 Å². The predicted molar refractivity (Wildman–Crippen MR) is 259 cm³/mol. The first-order valence-corrected chi connectivity index (χ1v) is 22.9. The van der Waals surface area contributed by atoms with Crippen molar-refractivity contribution in [1.29, 1.82) is 0 Å². The molecule has 0 unspecified atom stereocenters. The highest BCUT2D eigenvalue weighted by atomic mass is 16.5. The summed E-state index contributed by atoms with van der Waals surface area (Å²) in [5.74, 6) is -0.493. The van der Waals surface area contributed by atoms with Gasteiger partial charge in [0, 0.05) is 75.0 Å². The number of methoxy groups -OCH3 is 2. The number of ketones is 4. The van der Waals surface area contributed by atoms with Crippen LogP contribution in [-0.4, -0.2) is 71.4 Å². The zero-order chi connectivity index (χ0) is 46.5. The summed E-state index contributed by atoms with van der Waals surface area (Å²) in [5.41, 5.74) is 0. The number of carbonyl (C=O) groups is 8. The number of Topliss-reactive ketones (excluding diaryl/α,β-unsaturated/α-hetero) is 4. The largest absolute Gasteiger partial charge is 0.481 e. The second-order valence-electron chi connectivity index (χ2n) is 16.7. The zero-order valence-corrected chi connectivity index (χ0v) is 38.4. The second kappa shape index (κ2) is 37.7. The number of aliphatic carboxylic acids is 2. The number of carboxylic acids is 2. The molecule has 0 heterocycles. The first kappa shape index (κ1) is 64.8. The Hall–Kier alpha value is -4.48. The number of allylic oxidation sites excluding steroid dienone is 8. The first-order chi connectivity index (χ1) is 29.7. The molecular weight excluding hydrogens is 829 g/mol. The topological polar surface area (TPSA) is 195 Å². The molecule has 65 heavy (non-hydrogen) atoms. The summed E-state index contributed by atoms with van der Waals surface area (Å²) in [6, 6.07) is 0. The minimum atomic E-state index is -0.792. The monoisotopic (exact) mass is 917 g/mol. The predicted octanol–water partition coefficient (Wildman–Crippen LogP) is 11.7. The maximum absolute atomic E-state index is 11.7.